The summed E-state index contributed by atoms with van der Waals surface area (Å²) in [6.07, 6.45) is 8.15. The lowest BCUT2D eigenvalue weighted by atomic mass is 9.73. The number of allylic oxidation sites excluding steroid dienone is 1. The topological polar surface area (TPSA) is 12.0 Å². The second-order valence-corrected chi connectivity index (χ2v) is 9.37. The van der Waals surface area contributed by atoms with Gasteiger partial charge in [-0.25, -0.2) is 0 Å². The van der Waals surface area contributed by atoms with E-state index in [1.54, 1.807) is 0 Å². The van der Waals surface area contributed by atoms with Crippen LogP contribution in [0.4, 0.5) is 0 Å². The minimum atomic E-state index is 0.116. The average Bonchev–Trinajstić information content (AvgIpc) is 2.24. The molecular formula is C20H41N. The van der Waals surface area contributed by atoms with E-state index in [0.717, 1.165) is 12.8 Å². The number of hydrogen-bond donors (Lipinski definition) is 1. The fourth-order valence-electron chi connectivity index (χ4n) is 4.32. The fraction of sp³-hybridized carbons (Fsp3) is 0.900. The van der Waals surface area contributed by atoms with Gasteiger partial charge < -0.3 is 5.32 Å². The van der Waals surface area contributed by atoms with E-state index < -0.39 is 0 Å². The monoisotopic (exact) mass is 295 g/mol. The molecule has 0 aromatic heterocycles. The van der Waals surface area contributed by atoms with Crippen LogP contribution >= 0.6 is 0 Å². The zero-order chi connectivity index (χ0) is 16.9. The molecule has 0 radical (unpaired) electrons. The van der Waals surface area contributed by atoms with Crippen molar-refractivity contribution in [3.8, 4) is 0 Å². The molecular weight excluding hydrogens is 254 g/mol. The van der Waals surface area contributed by atoms with Gasteiger partial charge in [-0.2, -0.15) is 0 Å². The molecule has 1 N–H and O–H groups in total. The van der Waals surface area contributed by atoms with Gasteiger partial charge in [-0.3, -0.25) is 0 Å². The summed E-state index contributed by atoms with van der Waals surface area (Å²) in [7, 11) is 0. The molecule has 0 amide bonds. The van der Waals surface area contributed by atoms with Crippen LogP contribution < -0.4 is 5.32 Å². The Kier molecular flexibility index (Phi) is 7.20. The zero-order valence-electron chi connectivity index (χ0n) is 16.3. The van der Waals surface area contributed by atoms with Crippen LogP contribution in [0.25, 0.3) is 0 Å². The smallest absolute Gasteiger partial charge is 0.0138 e. The van der Waals surface area contributed by atoms with E-state index >= 15 is 0 Å². The summed E-state index contributed by atoms with van der Waals surface area (Å²) in [4.78, 5) is 0. The standard InChI is InChI=1S/C20H41N/c1-11-14-17(4,5)15-18(6,7)21-19(8,9)16-20(10,12-2)13-3/h12,21H,2,11,13-16H2,1,3-10H3. The van der Waals surface area contributed by atoms with E-state index in [2.05, 4.69) is 80.3 Å². The van der Waals surface area contributed by atoms with Crippen molar-refractivity contribution in [3.63, 3.8) is 0 Å². The van der Waals surface area contributed by atoms with Crippen LogP contribution in [-0.2, 0) is 0 Å². The van der Waals surface area contributed by atoms with Crippen molar-refractivity contribution < 1.29 is 0 Å². The number of hydrogen-bond acceptors (Lipinski definition) is 1. The maximum Gasteiger partial charge on any atom is 0.0138 e. The minimum Gasteiger partial charge on any atom is -0.307 e. The second kappa shape index (κ2) is 7.31. The largest absolute Gasteiger partial charge is 0.307 e. The molecule has 0 aliphatic rings. The first-order chi connectivity index (χ1) is 9.30. The van der Waals surface area contributed by atoms with Crippen molar-refractivity contribution in [2.24, 2.45) is 10.8 Å². The molecule has 0 fully saturated rings. The van der Waals surface area contributed by atoms with Crippen molar-refractivity contribution in [1.29, 1.82) is 0 Å². The van der Waals surface area contributed by atoms with E-state index in [0.29, 0.717) is 5.41 Å². The molecule has 0 saturated carbocycles. The van der Waals surface area contributed by atoms with Gasteiger partial charge in [0.2, 0.25) is 0 Å². The molecule has 0 aromatic rings. The highest BCUT2D eigenvalue weighted by Crippen LogP contribution is 2.37. The molecule has 0 heterocycles. The number of rotatable bonds is 10. The van der Waals surface area contributed by atoms with Gasteiger partial charge in [0.1, 0.15) is 0 Å². The van der Waals surface area contributed by atoms with E-state index in [9.17, 15) is 0 Å². The predicted octanol–water partition coefficient (Wildman–Crippen LogP) is 6.34. The first-order valence-electron chi connectivity index (χ1n) is 8.73. The Morgan fingerprint density at radius 1 is 0.857 bits per heavy atom. The first kappa shape index (κ1) is 20.7. The number of nitrogens with one attached hydrogen (secondary N) is 1. The summed E-state index contributed by atoms with van der Waals surface area (Å²) >= 11 is 0. The maximum absolute atomic E-state index is 4.04. The highest BCUT2D eigenvalue weighted by atomic mass is 15.0. The lowest BCUT2D eigenvalue weighted by Crippen LogP contribution is -2.55. The van der Waals surface area contributed by atoms with Crippen LogP contribution in [0.5, 0.6) is 0 Å². The third-order valence-electron chi connectivity index (χ3n) is 4.67. The summed E-state index contributed by atoms with van der Waals surface area (Å²) in [5.74, 6) is 0. The highest BCUT2D eigenvalue weighted by Gasteiger charge is 2.35. The quantitative estimate of drug-likeness (QED) is 0.463. The summed E-state index contributed by atoms with van der Waals surface area (Å²) < 4.78 is 0. The molecule has 0 aromatic carbocycles. The third-order valence-corrected chi connectivity index (χ3v) is 4.67. The van der Waals surface area contributed by atoms with Gasteiger partial charge in [-0.1, -0.05) is 47.1 Å². The summed E-state index contributed by atoms with van der Waals surface area (Å²) in [6, 6.07) is 0. The Hall–Kier alpha value is -0.300. The zero-order valence-corrected chi connectivity index (χ0v) is 16.3. The van der Waals surface area contributed by atoms with Gasteiger partial charge in [-0.05, 0) is 64.2 Å². The van der Waals surface area contributed by atoms with Gasteiger partial charge in [0.15, 0.2) is 0 Å². The van der Waals surface area contributed by atoms with Crippen LogP contribution in [0.1, 0.15) is 94.4 Å². The van der Waals surface area contributed by atoms with Crippen LogP contribution in [0.15, 0.2) is 12.7 Å². The molecule has 0 rings (SSSR count). The maximum atomic E-state index is 4.04. The molecule has 0 saturated heterocycles. The Morgan fingerprint density at radius 2 is 1.33 bits per heavy atom. The SMILES string of the molecule is C=CC(C)(CC)CC(C)(C)NC(C)(C)CC(C)(C)CCC. The molecule has 1 atom stereocenters. The molecule has 1 nitrogen and oxygen atoms in total. The Morgan fingerprint density at radius 3 is 1.71 bits per heavy atom. The molecule has 21 heavy (non-hydrogen) atoms. The van der Waals surface area contributed by atoms with Crippen molar-refractivity contribution in [1.82, 2.24) is 5.32 Å². The Balaban J connectivity index is 4.86. The third kappa shape index (κ3) is 8.04. The van der Waals surface area contributed by atoms with Crippen LogP contribution in [0.2, 0.25) is 0 Å². The molecule has 0 bridgehead atoms. The lowest BCUT2D eigenvalue weighted by Gasteiger charge is -2.44. The minimum absolute atomic E-state index is 0.116. The van der Waals surface area contributed by atoms with Crippen molar-refractivity contribution in [2.45, 2.75) is 105 Å². The summed E-state index contributed by atoms with van der Waals surface area (Å²) in [5.41, 5.74) is 0.877. The molecule has 1 heteroatoms. The van der Waals surface area contributed by atoms with Crippen molar-refractivity contribution in [2.75, 3.05) is 0 Å². The van der Waals surface area contributed by atoms with Gasteiger partial charge in [0.05, 0.1) is 0 Å². The van der Waals surface area contributed by atoms with Gasteiger partial charge in [0.25, 0.3) is 0 Å². The Bertz CT molecular complexity index is 325. The normalized spacial score (nSPS) is 16.6. The van der Waals surface area contributed by atoms with Crippen molar-refractivity contribution in [3.05, 3.63) is 12.7 Å². The molecule has 0 spiro atoms. The average molecular weight is 296 g/mol. The fourth-order valence-corrected chi connectivity index (χ4v) is 4.32. The predicted molar refractivity (Wildman–Crippen MR) is 97.8 cm³/mol. The van der Waals surface area contributed by atoms with Gasteiger partial charge in [0, 0.05) is 11.1 Å². The van der Waals surface area contributed by atoms with Crippen molar-refractivity contribution >= 4 is 0 Å². The summed E-state index contributed by atoms with van der Waals surface area (Å²) in [6.45, 7) is 25.1. The first-order valence-corrected chi connectivity index (χ1v) is 8.73. The molecule has 1 unspecified atom stereocenters. The Labute approximate surface area is 135 Å². The molecule has 0 aliphatic heterocycles. The van der Waals surface area contributed by atoms with Gasteiger partial charge >= 0.3 is 0 Å². The van der Waals surface area contributed by atoms with E-state index in [1.165, 1.54) is 19.3 Å². The van der Waals surface area contributed by atoms with Gasteiger partial charge in [-0.15, -0.1) is 6.58 Å². The van der Waals surface area contributed by atoms with Crippen LogP contribution in [0.3, 0.4) is 0 Å². The summed E-state index contributed by atoms with van der Waals surface area (Å²) in [5, 5.41) is 3.92. The lowest BCUT2D eigenvalue weighted by molar-refractivity contribution is 0.144. The molecule has 126 valence electrons. The van der Waals surface area contributed by atoms with E-state index in [4.69, 9.17) is 0 Å². The second-order valence-electron chi connectivity index (χ2n) is 9.37. The van der Waals surface area contributed by atoms with Crippen LogP contribution in [-0.4, -0.2) is 11.1 Å². The van der Waals surface area contributed by atoms with Crippen LogP contribution in [0, 0.1) is 10.8 Å². The van der Waals surface area contributed by atoms with E-state index in [1.807, 2.05) is 0 Å². The highest BCUT2D eigenvalue weighted by molar-refractivity contribution is 4.99. The molecule has 0 aliphatic carbocycles. The van der Waals surface area contributed by atoms with E-state index in [-0.39, 0.29) is 16.5 Å².